The van der Waals surface area contributed by atoms with Crippen LogP contribution in [0.5, 0.6) is 0 Å². The molecular weight excluding hydrogens is 350 g/mol. The summed E-state index contributed by atoms with van der Waals surface area (Å²) < 4.78 is 26.8. The molecule has 0 atom stereocenters. The second kappa shape index (κ2) is 8.42. The first kappa shape index (κ1) is 20.1. The smallest absolute Gasteiger partial charge is 0.254 e. The van der Waals surface area contributed by atoms with Gasteiger partial charge < -0.3 is 4.90 Å². The van der Waals surface area contributed by atoms with Gasteiger partial charge in [0.25, 0.3) is 5.91 Å². The first-order valence-electron chi connectivity index (χ1n) is 8.56. The van der Waals surface area contributed by atoms with Crippen LogP contribution in [-0.4, -0.2) is 48.7 Å². The summed E-state index contributed by atoms with van der Waals surface area (Å²) in [7, 11) is -1.91. The molecule has 0 bridgehead atoms. The van der Waals surface area contributed by atoms with E-state index in [1.807, 2.05) is 12.1 Å². The van der Waals surface area contributed by atoms with Gasteiger partial charge in [-0.05, 0) is 36.2 Å². The van der Waals surface area contributed by atoms with E-state index in [9.17, 15) is 13.2 Å². The molecule has 7 heteroatoms. The normalized spacial score (nSPS) is 11.6. The minimum atomic E-state index is -3.61. The highest BCUT2D eigenvalue weighted by Crippen LogP contribution is 2.21. The molecule has 0 radical (unpaired) electrons. The zero-order chi connectivity index (χ0) is 19.3. The number of hydrogen-bond acceptors (Lipinski definition) is 4. The number of carbonyl (C=O) groups is 1. The van der Waals surface area contributed by atoms with Gasteiger partial charge in [-0.1, -0.05) is 26.0 Å². The Bertz CT molecular complexity index is 863. The molecule has 0 unspecified atom stereocenters. The predicted octanol–water partition coefficient (Wildman–Crippen LogP) is 2.69. The molecule has 2 aromatic rings. The lowest BCUT2D eigenvalue weighted by atomic mass is 10.1. The fraction of sp³-hybridized carbons (Fsp3) is 0.368. The Kier molecular flexibility index (Phi) is 6.50. The average Bonchev–Trinajstić information content (AvgIpc) is 2.63. The molecule has 0 N–H and O–H groups in total. The molecule has 0 saturated carbocycles. The molecular formula is C19H25N3O3S. The standard InChI is InChI=1S/C19H25N3O3S/c1-5-22(6-2)26(24,25)17-10-9-15(3)18(12-17)19(23)21(4)14-16-8-7-11-20-13-16/h7-13H,5-6,14H2,1-4H3. The predicted molar refractivity (Wildman–Crippen MR) is 101 cm³/mol. The molecule has 0 aliphatic rings. The first-order valence-corrected chi connectivity index (χ1v) is 10.00. The number of amides is 1. The summed E-state index contributed by atoms with van der Waals surface area (Å²) >= 11 is 0. The van der Waals surface area contributed by atoms with Gasteiger partial charge in [-0.25, -0.2) is 8.42 Å². The summed E-state index contributed by atoms with van der Waals surface area (Å²) in [4.78, 5) is 18.6. The fourth-order valence-corrected chi connectivity index (χ4v) is 4.23. The van der Waals surface area contributed by atoms with Gasteiger partial charge in [-0.2, -0.15) is 4.31 Å². The van der Waals surface area contributed by atoms with E-state index in [2.05, 4.69) is 4.98 Å². The topological polar surface area (TPSA) is 70.6 Å². The summed E-state index contributed by atoms with van der Waals surface area (Å²) in [5.41, 5.74) is 2.05. The SMILES string of the molecule is CCN(CC)S(=O)(=O)c1ccc(C)c(C(=O)N(C)Cc2cccnc2)c1. The maximum Gasteiger partial charge on any atom is 0.254 e. The Hall–Kier alpha value is -2.25. The lowest BCUT2D eigenvalue weighted by molar-refractivity contribution is 0.0784. The largest absolute Gasteiger partial charge is 0.337 e. The van der Waals surface area contributed by atoms with Crippen LogP contribution in [0.15, 0.2) is 47.6 Å². The van der Waals surface area contributed by atoms with Crippen LogP contribution < -0.4 is 0 Å². The molecule has 0 aliphatic carbocycles. The molecule has 26 heavy (non-hydrogen) atoms. The van der Waals surface area contributed by atoms with Gasteiger partial charge in [0.2, 0.25) is 10.0 Å². The van der Waals surface area contributed by atoms with Gasteiger partial charge in [-0.3, -0.25) is 9.78 Å². The van der Waals surface area contributed by atoms with Gasteiger partial charge in [0.1, 0.15) is 0 Å². The second-order valence-corrected chi connectivity index (χ2v) is 8.03. The number of benzene rings is 1. The molecule has 1 amide bonds. The summed E-state index contributed by atoms with van der Waals surface area (Å²) in [5, 5.41) is 0. The molecule has 1 aromatic heterocycles. The van der Waals surface area contributed by atoms with Crippen molar-refractivity contribution in [2.75, 3.05) is 20.1 Å². The Labute approximate surface area is 155 Å². The van der Waals surface area contributed by atoms with Crippen molar-refractivity contribution in [3.05, 3.63) is 59.4 Å². The monoisotopic (exact) mass is 375 g/mol. The molecule has 2 rings (SSSR count). The van der Waals surface area contributed by atoms with E-state index in [0.29, 0.717) is 25.2 Å². The lowest BCUT2D eigenvalue weighted by Gasteiger charge is -2.21. The van der Waals surface area contributed by atoms with E-state index in [-0.39, 0.29) is 10.8 Å². The van der Waals surface area contributed by atoms with Crippen molar-refractivity contribution in [1.82, 2.24) is 14.2 Å². The van der Waals surface area contributed by atoms with E-state index in [1.54, 1.807) is 57.2 Å². The maximum atomic E-state index is 12.9. The van der Waals surface area contributed by atoms with E-state index in [4.69, 9.17) is 0 Å². The van der Waals surface area contributed by atoms with E-state index < -0.39 is 10.0 Å². The van der Waals surface area contributed by atoms with Crippen LogP contribution in [0, 0.1) is 6.92 Å². The third-order valence-corrected chi connectivity index (χ3v) is 6.32. The van der Waals surface area contributed by atoms with Crippen LogP contribution in [0.2, 0.25) is 0 Å². The highest BCUT2D eigenvalue weighted by molar-refractivity contribution is 7.89. The summed E-state index contributed by atoms with van der Waals surface area (Å²) in [5.74, 6) is -0.219. The Morgan fingerprint density at radius 1 is 1.15 bits per heavy atom. The summed E-state index contributed by atoms with van der Waals surface area (Å²) in [6.45, 7) is 6.57. The quantitative estimate of drug-likeness (QED) is 0.746. The first-order chi connectivity index (χ1) is 12.3. The lowest BCUT2D eigenvalue weighted by Crippen LogP contribution is -2.31. The van der Waals surface area contributed by atoms with Crippen molar-refractivity contribution in [3.8, 4) is 0 Å². The number of nitrogens with zero attached hydrogens (tertiary/aromatic N) is 3. The Morgan fingerprint density at radius 3 is 2.42 bits per heavy atom. The van der Waals surface area contributed by atoms with Gasteiger partial charge in [0.15, 0.2) is 0 Å². The number of pyridine rings is 1. The third-order valence-electron chi connectivity index (χ3n) is 4.27. The molecule has 6 nitrogen and oxygen atoms in total. The van der Waals surface area contributed by atoms with E-state index in [0.717, 1.165) is 11.1 Å². The highest BCUT2D eigenvalue weighted by Gasteiger charge is 2.24. The minimum Gasteiger partial charge on any atom is -0.337 e. The molecule has 1 aromatic carbocycles. The molecule has 140 valence electrons. The van der Waals surface area contributed by atoms with Crippen molar-refractivity contribution in [3.63, 3.8) is 0 Å². The number of sulfonamides is 1. The van der Waals surface area contributed by atoms with Crippen molar-refractivity contribution >= 4 is 15.9 Å². The van der Waals surface area contributed by atoms with Crippen LogP contribution in [0.1, 0.15) is 35.3 Å². The average molecular weight is 375 g/mol. The molecule has 1 heterocycles. The molecule has 0 spiro atoms. The maximum absolute atomic E-state index is 12.9. The van der Waals surface area contributed by atoms with Crippen LogP contribution in [0.4, 0.5) is 0 Å². The Morgan fingerprint density at radius 2 is 1.85 bits per heavy atom. The minimum absolute atomic E-state index is 0.143. The zero-order valence-electron chi connectivity index (χ0n) is 15.6. The molecule has 0 fully saturated rings. The molecule has 0 saturated heterocycles. The van der Waals surface area contributed by atoms with Crippen LogP contribution in [0.3, 0.4) is 0 Å². The van der Waals surface area contributed by atoms with Gasteiger partial charge in [-0.15, -0.1) is 0 Å². The third kappa shape index (κ3) is 4.28. The number of aromatic nitrogens is 1. The van der Waals surface area contributed by atoms with Crippen molar-refractivity contribution in [2.45, 2.75) is 32.2 Å². The second-order valence-electron chi connectivity index (χ2n) is 6.09. The van der Waals surface area contributed by atoms with Crippen LogP contribution in [0.25, 0.3) is 0 Å². The highest BCUT2D eigenvalue weighted by atomic mass is 32.2. The number of carbonyl (C=O) groups excluding carboxylic acids is 1. The van der Waals surface area contributed by atoms with Crippen molar-refractivity contribution in [2.24, 2.45) is 0 Å². The van der Waals surface area contributed by atoms with Gasteiger partial charge >= 0.3 is 0 Å². The summed E-state index contributed by atoms with van der Waals surface area (Å²) in [6.07, 6.45) is 3.38. The van der Waals surface area contributed by atoms with Crippen molar-refractivity contribution < 1.29 is 13.2 Å². The summed E-state index contributed by atoms with van der Waals surface area (Å²) in [6, 6.07) is 8.43. The van der Waals surface area contributed by atoms with Gasteiger partial charge in [0.05, 0.1) is 4.90 Å². The van der Waals surface area contributed by atoms with Crippen molar-refractivity contribution in [1.29, 1.82) is 0 Å². The van der Waals surface area contributed by atoms with Crippen LogP contribution >= 0.6 is 0 Å². The van der Waals surface area contributed by atoms with Gasteiger partial charge in [0, 0.05) is 44.6 Å². The number of rotatable bonds is 7. The zero-order valence-corrected chi connectivity index (χ0v) is 16.5. The Balaban J connectivity index is 2.33. The van der Waals surface area contributed by atoms with Crippen LogP contribution in [-0.2, 0) is 16.6 Å². The molecule has 0 aliphatic heterocycles. The fourth-order valence-electron chi connectivity index (χ4n) is 2.75. The van der Waals surface area contributed by atoms with E-state index in [1.165, 1.54) is 10.4 Å². The van der Waals surface area contributed by atoms with E-state index >= 15 is 0 Å². The number of aryl methyl sites for hydroxylation is 1. The number of hydrogen-bond donors (Lipinski definition) is 0.